The average Bonchev–Trinajstić information content (AvgIpc) is 2.77. The maximum atomic E-state index is 11.2. The molecule has 6 nitrogen and oxygen atoms in total. The van der Waals surface area contributed by atoms with Gasteiger partial charge in [0.05, 0.1) is 6.54 Å². The van der Waals surface area contributed by atoms with Crippen LogP contribution in [0.25, 0.3) is 0 Å². The van der Waals surface area contributed by atoms with Crippen LogP contribution in [0.1, 0.15) is 45.0 Å². The van der Waals surface area contributed by atoms with E-state index in [-0.39, 0.29) is 12.1 Å². The molecule has 1 aliphatic heterocycles. The first-order valence-corrected chi connectivity index (χ1v) is 6.45. The van der Waals surface area contributed by atoms with Gasteiger partial charge in [-0.2, -0.15) is 5.10 Å². The molecule has 0 bridgehead atoms. The van der Waals surface area contributed by atoms with Crippen molar-refractivity contribution in [3.63, 3.8) is 0 Å². The topological polar surface area (TPSA) is 71.2 Å². The van der Waals surface area contributed by atoms with E-state index in [1.165, 1.54) is 6.33 Å². The van der Waals surface area contributed by atoms with Crippen LogP contribution in [0.15, 0.2) is 6.33 Å². The number of piperidine rings is 1. The average molecular weight is 252 g/mol. The zero-order valence-corrected chi connectivity index (χ0v) is 10.9. The van der Waals surface area contributed by atoms with Gasteiger partial charge in [0.25, 0.3) is 0 Å². The first kappa shape index (κ1) is 13.0. The third-order valence-corrected chi connectivity index (χ3v) is 3.38. The van der Waals surface area contributed by atoms with Crippen LogP contribution in [-0.2, 0) is 11.3 Å². The van der Waals surface area contributed by atoms with Crippen LogP contribution in [0.4, 0.5) is 0 Å². The van der Waals surface area contributed by atoms with E-state index >= 15 is 0 Å². The molecule has 100 valence electrons. The predicted molar refractivity (Wildman–Crippen MR) is 66.1 cm³/mol. The predicted octanol–water partition coefficient (Wildman–Crippen LogP) is 1.30. The number of likely N-dealkylation sites (tertiary alicyclic amines) is 1. The second kappa shape index (κ2) is 5.48. The van der Waals surface area contributed by atoms with Crippen molar-refractivity contribution >= 4 is 5.97 Å². The van der Waals surface area contributed by atoms with E-state index < -0.39 is 5.97 Å². The fraction of sp³-hybridized carbons (Fsp3) is 0.750. The first-order valence-electron chi connectivity index (χ1n) is 6.45. The molecule has 1 saturated heterocycles. The van der Waals surface area contributed by atoms with Crippen molar-refractivity contribution in [3.05, 3.63) is 12.2 Å². The normalized spacial score (nSPS) is 21.4. The Labute approximate surface area is 107 Å². The summed E-state index contributed by atoms with van der Waals surface area (Å²) in [6.45, 7) is 5.48. The molecule has 6 heteroatoms. The van der Waals surface area contributed by atoms with Crippen LogP contribution >= 0.6 is 0 Å². The fourth-order valence-corrected chi connectivity index (χ4v) is 2.46. The van der Waals surface area contributed by atoms with Crippen molar-refractivity contribution in [2.24, 2.45) is 0 Å². The number of carbonyl (C=O) groups is 1. The van der Waals surface area contributed by atoms with Crippen molar-refractivity contribution < 1.29 is 9.90 Å². The molecule has 1 aromatic rings. The number of carboxylic acid groups (broad SMARTS) is 1. The minimum atomic E-state index is -0.731. The van der Waals surface area contributed by atoms with Crippen LogP contribution < -0.4 is 0 Å². The Morgan fingerprint density at radius 3 is 3.00 bits per heavy atom. The highest BCUT2D eigenvalue weighted by Gasteiger charge is 2.29. The Balaban J connectivity index is 2.11. The van der Waals surface area contributed by atoms with Gasteiger partial charge in [0.1, 0.15) is 18.2 Å². The van der Waals surface area contributed by atoms with Crippen molar-refractivity contribution in [1.82, 2.24) is 19.7 Å². The molecule has 0 radical (unpaired) electrons. The van der Waals surface area contributed by atoms with E-state index in [9.17, 15) is 9.90 Å². The third kappa shape index (κ3) is 2.69. The van der Waals surface area contributed by atoms with E-state index in [1.807, 2.05) is 23.4 Å². The number of aliphatic carboxylic acids is 1. The minimum absolute atomic E-state index is 0.246. The number of hydrogen-bond acceptors (Lipinski definition) is 4. The standard InChI is InChI=1S/C12H20N4O2/c1-9(2)16-11(13-8-14-16)7-15-6-4-3-5-10(15)12(17)18/h8-10H,3-7H2,1-2H3,(H,17,18). The molecule has 0 aromatic carbocycles. The third-order valence-electron chi connectivity index (χ3n) is 3.38. The summed E-state index contributed by atoms with van der Waals surface area (Å²) in [6.07, 6.45) is 4.31. The van der Waals surface area contributed by atoms with E-state index in [2.05, 4.69) is 10.1 Å². The number of nitrogens with zero attached hydrogens (tertiary/aromatic N) is 4. The van der Waals surface area contributed by atoms with E-state index in [4.69, 9.17) is 0 Å². The molecule has 1 N–H and O–H groups in total. The molecule has 18 heavy (non-hydrogen) atoms. The maximum absolute atomic E-state index is 11.2. The Hall–Kier alpha value is -1.43. The van der Waals surface area contributed by atoms with Gasteiger partial charge in [-0.1, -0.05) is 6.42 Å². The second-order valence-corrected chi connectivity index (χ2v) is 5.03. The lowest BCUT2D eigenvalue weighted by Gasteiger charge is -2.32. The van der Waals surface area contributed by atoms with Crippen LogP contribution in [0.3, 0.4) is 0 Å². The fourth-order valence-electron chi connectivity index (χ4n) is 2.46. The highest BCUT2D eigenvalue weighted by Crippen LogP contribution is 2.19. The van der Waals surface area contributed by atoms with Crippen molar-refractivity contribution in [1.29, 1.82) is 0 Å². The maximum Gasteiger partial charge on any atom is 0.320 e. The summed E-state index contributed by atoms with van der Waals surface area (Å²) in [5.74, 6) is 0.114. The van der Waals surface area contributed by atoms with Crippen molar-refractivity contribution in [2.75, 3.05) is 6.54 Å². The van der Waals surface area contributed by atoms with Crippen molar-refractivity contribution in [3.8, 4) is 0 Å². The van der Waals surface area contributed by atoms with Crippen LogP contribution in [0.5, 0.6) is 0 Å². The van der Waals surface area contributed by atoms with Gasteiger partial charge in [0.15, 0.2) is 0 Å². The Morgan fingerprint density at radius 1 is 1.56 bits per heavy atom. The summed E-state index contributed by atoms with van der Waals surface area (Å²) in [6, 6.07) is -0.133. The minimum Gasteiger partial charge on any atom is -0.480 e. The van der Waals surface area contributed by atoms with Gasteiger partial charge in [-0.3, -0.25) is 9.69 Å². The number of hydrogen-bond donors (Lipinski definition) is 1. The zero-order valence-electron chi connectivity index (χ0n) is 10.9. The lowest BCUT2D eigenvalue weighted by atomic mass is 10.0. The summed E-state index contributed by atoms with van der Waals surface area (Å²) in [5.41, 5.74) is 0. The molecule has 0 spiro atoms. The van der Waals surface area contributed by atoms with Crippen molar-refractivity contribution in [2.45, 2.75) is 51.7 Å². The lowest BCUT2D eigenvalue weighted by Crippen LogP contribution is -2.44. The van der Waals surface area contributed by atoms with Gasteiger partial charge in [0, 0.05) is 6.04 Å². The molecular formula is C12H20N4O2. The van der Waals surface area contributed by atoms with Gasteiger partial charge in [0.2, 0.25) is 0 Å². The molecule has 0 saturated carbocycles. The second-order valence-electron chi connectivity index (χ2n) is 5.03. The highest BCUT2D eigenvalue weighted by atomic mass is 16.4. The van der Waals surface area contributed by atoms with Crippen LogP contribution in [0.2, 0.25) is 0 Å². The molecule has 1 atom stereocenters. The van der Waals surface area contributed by atoms with Gasteiger partial charge < -0.3 is 5.11 Å². The van der Waals surface area contributed by atoms with Crippen LogP contribution in [-0.4, -0.2) is 43.3 Å². The smallest absolute Gasteiger partial charge is 0.320 e. The van der Waals surface area contributed by atoms with Gasteiger partial charge in [-0.05, 0) is 33.2 Å². The zero-order chi connectivity index (χ0) is 13.1. The van der Waals surface area contributed by atoms with Crippen LogP contribution in [0, 0.1) is 0 Å². The number of carboxylic acids is 1. The molecule has 1 fully saturated rings. The van der Waals surface area contributed by atoms with Gasteiger partial charge >= 0.3 is 5.97 Å². The Bertz CT molecular complexity index is 416. The monoisotopic (exact) mass is 252 g/mol. The molecule has 1 aliphatic rings. The lowest BCUT2D eigenvalue weighted by molar-refractivity contribution is -0.144. The molecule has 0 amide bonds. The summed E-state index contributed by atoms with van der Waals surface area (Å²) < 4.78 is 1.85. The molecule has 0 aliphatic carbocycles. The van der Waals surface area contributed by atoms with Gasteiger partial charge in [-0.15, -0.1) is 0 Å². The first-order chi connectivity index (χ1) is 8.59. The quantitative estimate of drug-likeness (QED) is 0.874. The summed E-state index contributed by atoms with van der Waals surface area (Å²) >= 11 is 0. The summed E-state index contributed by atoms with van der Waals surface area (Å²) in [4.78, 5) is 17.5. The number of rotatable bonds is 4. The molecule has 2 rings (SSSR count). The summed E-state index contributed by atoms with van der Waals surface area (Å²) in [5, 5.41) is 13.4. The molecule has 2 heterocycles. The van der Waals surface area contributed by atoms with E-state index in [1.54, 1.807) is 0 Å². The van der Waals surface area contributed by atoms with E-state index in [0.717, 1.165) is 31.6 Å². The highest BCUT2D eigenvalue weighted by molar-refractivity contribution is 5.73. The molecule has 1 unspecified atom stereocenters. The molecular weight excluding hydrogens is 232 g/mol. The largest absolute Gasteiger partial charge is 0.480 e. The SMILES string of the molecule is CC(C)n1ncnc1CN1CCCCC1C(=O)O. The van der Waals surface area contributed by atoms with E-state index in [0.29, 0.717) is 6.54 Å². The summed E-state index contributed by atoms with van der Waals surface area (Å²) in [7, 11) is 0. The molecule has 1 aromatic heterocycles. The Morgan fingerprint density at radius 2 is 2.33 bits per heavy atom. The Kier molecular flexibility index (Phi) is 3.96. The van der Waals surface area contributed by atoms with Gasteiger partial charge in [-0.25, -0.2) is 9.67 Å². The number of aromatic nitrogens is 3.